The Morgan fingerprint density at radius 3 is 2.69 bits per heavy atom. The van der Waals surface area contributed by atoms with Crippen LogP contribution in [0, 0.1) is 0 Å². The van der Waals surface area contributed by atoms with E-state index >= 15 is 0 Å². The molecule has 0 rings (SSSR count). The highest BCUT2D eigenvalue weighted by atomic mass is 32.2. The molecule has 0 aromatic rings. The predicted molar refractivity (Wildman–Crippen MR) is 56.8 cm³/mol. The van der Waals surface area contributed by atoms with Crippen molar-refractivity contribution in [2.45, 2.75) is 38.0 Å². The maximum atomic E-state index is 10.9. The first-order valence-corrected chi connectivity index (χ1v) is 5.61. The minimum Gasteiger partial charge on any atom is -0.468 e. The van der Waals surface area contributed by atoms with Crippen molar-refractivity contribution in [2.24, 2.45) is 5.73 Å². The van der Waals surface area contributed by atoms with Crippen LogP contribution in [0.25, 0.3) is 0 Å². The molecule has 0 aromatic heterocycles. The summed E-state index contributed by atoms with van der Waals surface area (Å²) in [6, 6.07) is -0.457. The molecule has 0 spiro atoms. The summed E-state index contributed by atoms with van der Waals surface area (Å²) in [6.07, 6.45) is 1.85. The lowest BCUT2D eigenvalue weighted by molar-refractivity contribution is -0.142. The molecule has 0 saturated carbocycles. The first-order chi connectivity index (χ1) is 6.11. The molecular weight excluding hydrogens is 186 g/mol. The van der Waals surface area contributed by atoms with Crippen LogP contribution in [0.2, 0.25) is 0 Å². The number of rotatable bonds is 6. The van der Waals surface area contributed by atoms with E-state index in [0.29, 0.717) is 11.7 Å². The Labute approximate surface area is 84.4 Å². The summed E-state index contributed by atoms with van der Waals surface area (Å²) in [5, 5.41) is 0.643. The van der Waals surface area contributed by atoms with Gasteiger partial charge in [0.15, 0.2) is 0 Å². The molecule has 0 aliphatic heterocycles. The number of nitrogens with two attached hydrogens (primary N) is 1. The largest absolute Gasteiger partial charge is 0.468 e. The number of hydrogen-bond donors (Lipinski definition) is 1. The number of ether oxygens (including phenoxy) is 1. The van der Waals surface area contributed by atoms with E-state index in [1.54, 1.807) is 0 Å². The van der Waals surface area contributed by atoms with E-state index in [9.17, 15) is 4.79 Å². The van der Waals surface area contributed by atoms with Gasteiger partial charge in [0.1, 0.15) is 6.04 Å². The van der Waals surface area contributed by atoms with Gasteiger partial charge in [0.25, 0.3) is 0 Å². The van der Waals surface area contributed by atoms with Gasteiger partial charge in [-0.2, -0.15) is 11.8 Å². The van der Waals surface area contributed by atoms with E-state index in [1.165, 1.54) is 7.11 Å². The number of carbonyl (C=O) groups excluding carboxylic acids is 1. The third kappa shape index (κ3) is 5.93. The second-order valence-electron chi connectivity index (χ2n) is 3.01. The Morgan fingerprint density at radius 2 is 2.23 bits per heavy atom. The van der Waals surface area contributed by atoms with Crippen LogP contribution < -0.4 is 5.73 Å². The number of thioether (sulfide) groups is 1. The highest BCUT2D eigenvalue weighted by Crippen LogP contribution is 2.14. The first-order valence-electron chi connectivity index (χ1n) is 4.56. The zero-order valence-electron chi connectivity index (χ0n) is 8.58. The Kier molecular flexibility index (Phi) is 7.09. The molecule has 13 heavy (non-hydrogen) atoms. The van der Waals surface area contributed by atoms with E-state index in [-0.39, 0.29) is 5.97 Å². The van der Waals surface area contributed by atoms with Crippen molar-refractivity contribution in [2.75, 3.05) is 12.9 Å². The van der Waals surface area contributed by atoms with Crippen LogP contribution in [-0.2, 0) is 9.53 Å². The van der Waals surface area contributed by atoms with Gasteiger partial charge in [0, 0.05) is 5.25 Å². The molecule has 2 atom stereocenters. The number of hydrogen-bond acceptors (Lipinski definition) is 4. The van der Waals surface area contributed by atoms with Crippen LogP contribution in [0.3, 0.4) is 0 Å². The second-order valence-corrected chi connectivity index (χ2v) is 4.55. The van der Waals surface area contributed by atoms with Crippen LogP contribution in [0.1, 0.15) is 26.7 Å². The van der Waals surface area contributed by atoms with Gasteiger partial charge in [-0.25, -0.2) is 0 Å². The van der Waals surface area contributed by atoms with Gasteiger partial charge < -0.3 is 10.5 Å². The van der Waals surface area contributed by atoms with Crippen LogP contribution in [-0.4, -0.2) is 30.1 Å². The molecule has 0 saturated heterocycles. The molecule has 2 unspecified atom stereocenters. The zero-order chi connectivity index (χ0) is 10.3. The monoisotopic (exact) mass is 205 g/mol. The van der Waals surface area contributed by atoms with Crippen molar-refractivity contribution in [3.63, 3.8) is 0 Å². The predicted octanol–water partition coefficient (Wildman–Crippen LogP) is 1.41. The summed E-state index contributed by atoms with van der Waals surface area (Å²) in [4.78, 5) is 10.9. The number of methoxy groups -OCH3 is 1. The topological polar surface area (TPSA) is 52.3 Å². The minimum atomic E-state index is -0.457. The zero-order valence-corrected chi connectivity index (χ0v) is 9.39. The van der Waals surface area contributed by atoms with Crippen LogP contribution in [0.15, 0.2) is 0 Å². The van der Waals surface area contributed by atoms with Gasteiger partial charge in [0.05, 0.1) is 7.11 Å². The third-order valence-corrected chi connectivity index (χ3v) is 3.28. The van der Waals surface area contributed by atoms with Gasteiger partial charge >= 0.3 is 5.97 Å². The molecule has 0 radical (unpaired) electrons. The number of carbonyl (C=O) groups is 1. The summed E-state index contributed by atoms with van der Waals surface area (Å²) in [7, 11) is 1.37. The fourth-order valence-corrected chi connectivity index (χ4v) is 1.81. The quantitative estimate of drug-likeness (QED) is 0.666. The molecule has 0 fully saturated rings. The summed E-state index contributed by atoms with van der Waals surface area (Å²) < 4.78 is 4.52. The average Bonchev–Trinajstić information content (AvgIpc) is 2.15. The van der Waals surface area contributed by atoms with Gasteiger partial charge in [-0.05, 0) is 18.6 Å². The fraction of sp³-hybridized carbons (Fsp3) is 0.889. The summed E-state index contributed by atoms with van der Waals surface area (Å²) in [5.41, 5.74) is 5.57. The molecular formula is C9H19NO2S. The first kappa shape index (κ1) is 12.8. The Balaban J connectivity index is 3.47. The maximum Gasteiger partial charge on any atom is 0.322 e. The molecule has 2 N–H and O–H groups in total. The summed E-state index contributed by atoms with van der Waals surface area (Å²) in [6.45, 7) is 4.33. The van der Waals surface area contributed by atoms with Crippen LogP contribution >= 0.6 is 11.8 Å². The van der Waals surface area contributed by atoms with E-state index in [0.717, 1.165) is 12.2 Å². The van der Waals surface area contributed by atoms with Gasteiger partial charge in [-0.3, -0.25) is 4.79 Å². The normalized spacial score (nSPS) is 15.1. The molecule has 0 aromatic carbocycles. The molecule has 0 heterocycles. The lowest BCUT2D eigenvalue weighted by atomic mass is 10.2. The van der Waals surface area contributed by atoms with E-state index in [4.69, 9.17) is 5.73 Å². The smallest absolute Gasteiger partial charge is 0.322 e. The maximum absolute atomic E-state index is 10.9. The standard InChI is InChI=1S/C9H19NO2S/c1-4-7(2)13-6-5-8(10)9(11)12-3/h7-8H,4-6,10H2,1-3H3. The molecule has 0 bridgehead atoms. The van der Waals surface area contributed by atoms with Crippen molar-refractivity contribution >= 4 is 17.7 Å². The molecule has 78 valence electrons. The lowest BCUT2D eigenvalue weighted by Crippen LogP contribution is -2.32. The molecule has 0 aliphatic rings. The lowest BCUT2D eigenvalue weighted by Gasteiger charge is -2.11. The fourth-order valence-electron chi connectivity index (χ4n) is 0.783. The molecule has 4 heteroatoms. The minimum absolute atomic E-state index is 0.315. The third-order valence-electron chi connectivity index (χ3n) is 1.91. The van der Waals surface area contributed by atoms with Gasteiger partial charge in [0.2, 0.25) is 0 Å². The van der Waals surface area contributed by atoms with Gasteiger partial charge in [-0.1, -0.05) is 13.8 Å². The molecule has 0 amide bonds. The van der Waals surface area contributed by atoms with E-state index in [1.807, 2.05) is 11.8 Å². The SMILES string of the molecule is CCC(C)SCCC(N)C(=O)OC. The van der Waals surface area contributed by atoms with Crippen molar-refractivity contribution in [1.82, 2.24) is 0 Å². The van der Waals surface area contributed by atoms with Crippen LogP contribution in [0.5, 0.6) is 0 Å². The highest BCUT2D eigenvalue weighted by Gasteiger charge is 2.13. The van der Waals surface area contributed by atoms with Crippen molar-refractivity contribution in [3.05, 3.63) is 0 Å². The molecule has 0 aliphatic carbocycles. The summed E-state index contributed by atoms with van der Waals surface area (Å²) in [5.74, 6) is 0.607. The van der Waals surface area contributed by atoms with Crippen LogP contribution in [0.4, 0.5) is 0 Å². The molecule has 3 nitrogen and oxygen atoms in total. The van der Waals surface area contributed by atoms with Crippen molar-refractivity contribution < 1.29 is 9.53 Å². The summed E-state index contributed by atoms with van der Waals surface area (Å²) >= 11 is 1.84. The number of esters is 1. The second kappa shape index (κ2) is 7.21. The Hall–Kier alpha value is -0.220. The van der Waals surface area contributed by atoms with E-state index < -0.39 is 6.04 Å². The van der Waals surface area contributed by atoms with Crippen molar-refractivity contribution in [3.8, 4) is 0 Å². The average molecular weight is 205 g/mol. The van der Waals surface area contributed by atoms with Crippen molar-refractivity contribution in [1.29, 1.82) is 0 Å². The highest BCUT2D eigenvalue weighted by molar-refractivity contribution is 7.99. The Morgan fingerprint density at radius 1 is 1.62 bits per heavy atom. The van der Waals surface area contributed by atoms with Gasteiger partial charge in [-0.15, -0.1) is 0 Å². The van der Waals surface area contributed by atoms with E-state index in [2.05, 4.69) is 18.6 Å². The Bertz CT molecular complexity index is 153.